The molecule has 1 fully saturated rings. The fourth-order valence-corrected chi connectivity index (χ4v) is 1.52. The van der Waals surface area contributed by atoms with Crippen molar-refractivity contribution in [3.63, 3.8) is 0 Å². The summed E-state index contributed by atoms with van der Waals surface area (Å²) in [6.45, 7) is 8.21. The zero-order valence-electron chi connectivity index (χ0n) is 6.94. The van der Waals surface area contributed by atoms with Crippen molar-refractivity contribution in [3.8, 4) is 0 Å². The zero-order valence-corrected chi connectivity index (χ0v) is 6.94. The first-order chi connectivity index (χ1) is 4.75. The van der Waals surface area contributed by atoms with Crippen molar-refractivity contribution < 1.29 is 4.74 Å². The second-order valence-electron chi connectivity index (χ2n) is 3.02. The second kappa shape index (κ2) is 2.65. The molecule has 0 aromatic carbocycles. The highest BCUT2D eigenvalue weighted by Gasteiger charge is 2.48. The lowest BCUT2D eigenvalue weighted by Crippen LogP contribution is -2.08. The Kier molecular flexibility index (Phi) is 2.02. The minimum absolute atomic E-state index is 0.115. The maximum absolute atomic E-state index is 5.39. The molecule has 0 atom stereocenters. The Morgan fingerprint density at radius 1 is 1.30 bits per heavy atom. The monoisotopic (exact) mass is 140 g/mol. The average molecular weight is 140 g/mol. The standard InChI is InChI=1S/C9H16O/c1-4-6-9(7-5-2)8(3)10-9/h3-7H2,1-2H3. The molecule has 0 N–H and O–H groups in total. The van der Waals surface area contributed by atoms with E-state index in [0.29, 0.717) is 0 Å². The Labute approximate surface area is 63.1 Å². The SMILES string of the molecule is C=C1OC1(CCC)CCC. The van der Waals surface area contributed by atoms with Crippen LogP contribution in [-0.2, 0) is 4.74 Å². The Bertz CT molecular complexity index is 132. The van der Waals surface area contributed by atoms with Gasteiger partial charge in [-0.15, -0.1) is 0 Å². The molecule has 0 radical (unpaired) electrons. The summed E-state index contributed by atoms with van der Waals surface area (Å²) in [4.78, 5) is 0. The topological polar surface area (TPSA) is 12.5 Å². The summed E-state index contributed by atoms with van der Waals surface area (Å²) >= 11 is 0. The van der Waals surface area contributed by atoms with Gasteiger partial charge in [-0.2, -0.15) is 0 Å². The summed E-state index contributed by atoms with van der Waals surface area (Å²) in [5, 5.41) is 0. The van der Waals surface area contributed by atoms with Gasteiger partial charge < -0.3 is 4.74 Å². The van der Waals surface area contributed by atoms with Crippen LogP contribution in [0.4, 0.5) is 0 Å². The van der Waals surface area contributed by atoms with Crippen LogP contribution in [0, 0.1) is 0 Å². The third kappa shape index (κ3) is 1.18. The molecule has 0 amide bonds. The number of ether oxygens (including phenoxy) is 1. The van der Waals surface area contributed by atoms with Gasteiger partial charge >= 0.3 is 0 Å². The van der Waals surface area contributed by atoms with E-state index >= 15 is 0 Å². The highest BCUT2D eigenvalue weighted by molar-refractivity contribution is 5.20. The van der Waals surface area contributed by atoms with Crippen molar-refractivity contribution in [2.24, 2.45) is 0 Å². The Morgan fingerprint density at radius 3 is 1.90 bits per heavy atom. The highest BCUT2D eigenvalue weighted by Crippen LogP contribution is 2.46. The van der Waals surface area contributed by atoms with Crippen molar-refractivity contribution in [2.45, 2.75) is 45.1 Å². The second-order valence-corrected chi connectivity index (χ2v) is 3.02. The summed E-state index contributed by atoms with van der Waals surface area (Å²) in [5.74, 6) is 1.01. The quantitative estimate of drug-likeness (QED) is 0.547. The van der Waals surface area contributed by atoms with E-state index in [-0.39, 0.29) is 5.60 Å². The molecule has 1 nitrogen and oxygen atoms in total. The van der Waals surface area contributed by atoms with Gasteiger partial charge in [0.15, 0.2) is 5.60 Å². The lowest BCUT2D eigenvalue weighted by Gasteiger charge is -2.04. The van der Waals surface area contributed by atoms with Gasteiger partial charge in [-0.05, 0) is 12.8 Å². The minimum atomic E-state index is 0.115. The summed E-state index contributed by atoms with van der Waals surface area (Å²) in [7, 11) is 0. The molecule has 0 aromatic heterocycles. The smallest absolute Gasteiger partial charge is 0.165 e. The molecule has 0 aliphatic carbocycles. The van der Waals surface area contributed by atoms with Gasteiger partial charge in [-0.25, -0.2) is 0 Å². The largest absolute Gasteiger partial charge is 0.480 e. The number of epoxide rings is 1. The number of hydrogen-bond donors (Lipinski definition) is 0. The average Bonchev–Trinajstić information content (AvgIpc) is 2.44. The first-order valence-corrected chi connectivity index (χ1v) is 4.13. The van der Waals surface area contributed by atoms with Gasteiger partial charge in [-0.1, -0.05) is 33.3 Å². The molecule has 0 bridgehead atoms. The molecule has 1 heteroatoms. The summed E-state index contributed by atoms with van der Waals surface area (Å²) < 4.78 is 5.39. The van der Waals surface area contributed by atoms with Crippen LogP contribution in [0.2, 0.25) is 0 Å². The van der Waals surface area contributed by atoms with E-state index in [1.54, 1.807) is 0 Å². The van der Waals surface area contributed by atoms with Crippen molar-refractivity contribution >= 4 is 0 Å². The van der Waals surface area contributed by atoms with E-state index < -0.39 is 0 Å². The molecule has 1 saturated heterocycles. The van der Waals surface area contributed by atoms with Gasteiger partial charge in [0.05, 0.1) is 0 Å². The molecule has 1 rings (SSSR count). The van der Waals surface area contributed by atoms with Crippen LogP contribution < -0.4 is 0 Å². The lowest BCUT2D eigenvalue weighted by molar-refractivity contribution is 0.274. The predicted molar refractivity (Wildman–Crippen MR) is 42.8 cm³/mol. The highest BCUT2D eigenvalue weighted by atomic mass is 16.6. The Hall–Kier alpha value is -0.460. The molecular formula is C9H16O. The maximum Gasteiger partial charge on any atom is 0.165 e. The minimum Gasteiger partial charge on any atom is -0.480 e. The van der Waals surface area contributed by atoms with Gasteiger partial charge in [0, 0.05) is 0 Å². The third-order valence-corrected chi connectivity index (χ3v) is 2.09. The lowest BCUT2D eigenvalue weighted by atomic mass is 9.98. The van der Waals surface area contributed by atoms with Crippen molar-refractivity contribution in [2.75, 3.05) is 0 Å². The first-order valence-electron chi connectivity index (χ1n) is 4.13. The predicted octanol–water partition coefficient (Wildman–Crippen LogP) is 2.87. The van der Waals surface area contributed by atoms with E-state index in [9.17, 15) is 0 Å². The number of hydrogen-bond acceptors (Lipinski definition) is 1. The maximum atomic E-state index is 5.39. The molecular weight excluding hydrogens is 124 g/mol. The molecule has 1 aliphatic rings. The Morgan fingerprint density at radius 2 is 1.70 bits per heavy atom. The molecule has 1 heterocycles. The van der Waals surface area contributed by atoms with Gasteiger partial charge in [0.25, 0.3) is 0 Å². The van der Waals surface area contributed by atoms with E-state index in [4.69, 9.17) is 4.74 Å². The summed E-state index contributed by atoms with van der Waals surface area (Å²) in [6.07, 6.45) is 4.69. The van der Waals surface area contributed by atoms with Crippen LogP contribution in [-0.4, -0.2) is 5.60 Å². The van der Waals surface area contributed by atoms with Crippen LogP contribution in [0.1, 0.15) is 39.5 Å². The van der Waals surface area contributed by atoms with Crippen molar-refractivity contribution in [1.29, 1.82) is 0 Å². The van der Waals surface area contributed by atoms with Gasteiger partial charge in [0.2, 0.25) is 0 Å². The van der Waals surface area contributed by atoms with Gasteiger partial charge in [0.1, 0.15) is 5.76 Å². The molecule has 1 aliphatic heterocycles. The van der Waals surface area contributed by atoms with Crippen molar-refractivity contribution in [1.82, 2.24) is 0 Å². The summed E-state index contributed by atoms with van der Waals surface area (Å²) in [5.41, 5.74) is 0.115. The fraction of sp³-hybridized carbons (Fsp3) is 0.778. The number of rotatable bonds is 4. The molecule has 0 aromatic rings. The normalized spacial score (nSPS) is 20.4. The zero-order chi connectivity index (χ0) is 7.61. The first kappa shape index (κ1) is 7.64. The van der Waals surface area contributed by atoms with Crippen LogP contribution in [0.15, 0.2) is 12.3 Å². The van der Waals surface area contributed by atoms with E-state index in [2.05, 4.69) is 20.4 Å². The molecule has 10 heavy (non-hydrogen) atoms. The fourth-order valence-electron chi connectivity index (χ4n) is 1.52. The molecule has 0 spiro atoms. The van der Waals surface area contributed by atoms with Crippen LogP contribution >= 0.6 is 0 Å². The van der Waals surface area contributed by atoms with Crippen LogP contribution in [0.5, 0.6) is 0 Å². The van der Waals surface area contributed by atoms with E-state index in [0.717, 1.165) is 18.6 Å². The van der Waals surface area contributed by atoms with Crippen LogP contribution in [0.25, 0.3) is 0 Å². The third-order valence-electron chi connectivity index (χ3n) is 2.09. The van der Waals surface area contributed by atoms with E-state index in [1.807, 2.05) is 0 Å². The molecule has 0 unspecified atom stereocenters. The molecule has 58 valence electrons. The van der Waals surface area contributed by atoms with Gasteiger partial charge in [-0.3, -0.25) is 0 Å². The van der Waals surface area contributed by atoms with E-state index in [1.165, 1.54) is 12.8 Å². The summed E-state index contributed by atoms with van der Waals surface area (Å²) in [6, 6.07) is 0. The van der Waals surface area contributed by atoms with Crippen LogP contribution in [0.3, 0.4) is 0 Å². The Balaban J connectivity index is 2.38. The van der Waals surface area contributed by atoms with Crippen molar-refractivity contribution in [3.05, 3.63) is 12.3 Å². The molecule has 0 saturated carbocycles.